The van der Waals surface area contributed by atoms with Crippen molar-refractivity contribution < 1.29 is 14.3 Å². The van der Waals surface area contributed by atoms with Gasteiger partial charge in [0.15, 0.2) is 0 Å². The van der Waals surface area contributed by atoms with Crippen LogP contribution in [-0.4, -0.2) is 68.8 Å². The van der Waals surface area contributed by atoms with Crippen molar-refractivity contribution in [2.75, 3.05) is 32.7 Å². The Morgan fingerprint density at radius 3 is 2.55 bits per heavy atom. The van der Waals surface area contributed by atoms with E-state index in [2.05, 4.69) is 10.3 Å². The standard InChI is InChI=1S/C31H36FN5O3/c32-25-11-5-4-10-24(25)27-19-33-15-17-37(27)29(39)35-16-14-31(40,30(20-35)12-6-7-13-30)21-36-22-34-26(18-28(36)38)23-8-2-1-3-9-23/h1-5,8-11,18,22,27,33,40H,6-7,12-17,19-21H2/t27-,31+/m0/s1. The molecule has 40 heavy (non-hydrogen) atoms. The predicted molar refractivity (Wildman–Crippen MR) is 150 cm³/mol. The maximum Gasteiger partial charge on any atom is 0.320 e. The zero-order chi connectivity index (χ0) is 27.7. The molecular weight excluding hydrogens is 509 g/mol. The molecular formula is C31H36FN5O3. The molecule has 2 saturated heterocycles. The summed E-state index contributed by atoms with van der Waals surface area (Å²) >= 11 is 0. The second-order valence-electron chi connectivity index (χ2n) is 11.5. The number of hydrogen-bond donors (Lipinski definition) is 2. The molecule has 8 nitrogen and oxygen atoms in total. The summed E-state index contributed by atoms with van der Waals surface area (Å²) in [5, 5.41) is 15.5. The van der Waals surface area contributed by atoms with E-state index in [0.29, 0.717) is 50.4 Å². The number of aliphatic hydroxyl groups is 1. The van der Waals surface area contributed by atoms with Crippen LogP contribution in [0.25, 0.3) is 11.3 Å². The van der Waals surface area contributed by atoms with Crippen LogP contribution in [0.4, 0.5) is 9.18 Å². The number of hydrogen-bond acceptors (Lipinski definition) is 5. The summed E-state index contributed by atoms with van der Waals surface area (Å²) in [6.45, 7) is 2.55. The molecule has 1 aliphatic carbocycles. The van der Waals surface area contributed by atoms with E-state index in [-0.39, 0.29) is 24.0 Å². The fraction of sp³-hybridized carbons (Fsp3) is 0.452. The highest BCUT2D eigenvalue weighted by Gasteiger charge is 2.56. The molecule has 6 rings (SSSR count). The molecule has 210 valence electrons. The van der Waals surface area contributed by atoms with Crippen LogP contribution in [0.1, 0.15) is 43.7 Å². The second-order valence-corrected chi connectivity index (χ2v) is 11.5. The number of piperazine rings is 1. The summed E-state index contributed by atoms with van der Waals surface area (Å²) in [5.74, 6) is -0.313. The summed E-state index contributed by atoms with van der Waals surface area (Å²) in [5.41, 5.74) is 0.117. The van der Waals surface area contributed by atoms with Crippen LogP contribution in [-0.2, 0) is 6.54 Å². The van der Waals surface area contributed by atoms with Crippen LogP contribution in [0.3, 0.4) is 0 Å². The summed E-state index contributed by atoms with van der Waals surface area (Å²) < 4.78 is 16.2. The summed E-state index contributed by atoms with van der Waals surface area (Å²) in [6.07, 6.45) is 5.40. The zero-order valence-corrected chi connectivity index (χ0v) is 22.6. The lowest BCUT2D eigenvalue weighted by molar-refractivity contribution is -0.137. The Hall–Kier alpha value is -3.56. The average molecular weight is 546 g/mol. The lowest BCUT2D eigenvalue weighted by atomic mass is 9.66. The number of piperidine rings is 1. The minimum absolute atomic E-state index is 0.117. The Morgan fingerprint density at radius 1 is 1.05 bits per heavy atom. The molecule has 2 aliphatic heterocycles. The molecule has 3 heterocycles. The van der Waals surface area contributed by atoms with Crippen molar-refractivity contribution in [1.82, 2.24) is 24.7 Å². The minimum Gasteiger partial charge on any atom is -0.387 e. The number of rotatable bonds is 4. The zero-order valence-electron chi connectivity index (χ0n) is 22.6. The van der Waals surface area contributed by atoms with Crippen LogP contribution >= 0.6 is 0 Å². The van der Waals surface area contributed by atoms with Crippen LogP contribution in [0.2, 0.25) is 0 Å². The fourth-order valence-corrected chi connectivity index (χ4v) is 6.99. The number of halogens is 1. The number of nitrogens with zero attached hydrogens (tertiary/aromatic N) is 4. The molecule has 9 heteroatoms. The number of likely N-dealkylation sites (tertiary alicyclic amines) is 1. The van der Waals surface area contributed by atoms with Gasteiger partial charge in [0.1, 0.15) is 5.82 Å². The first kappa shape index (κ1) is 26.7. The molecule has 3 aliphatic rings. The van der Waals surface area contributed by atoms with E-state index in [9.17, 15) is 19.1 Å². The lowest BCUT2D eigenvalue weighted by Crippen LogP contribution is -2.64. The molecule has 2 atom stereocenters. The van der Waals surface area contributed by atoms with Crippen molar-refractivity contribution in [2.45, 2.75) is 50.3 Å². The van der Waals surface area contributed by atoms with Gasteiger partial charge < -0.3 is 20.2 Å². The third-order valence-electron chi connectivity index (χ3n) is 9.24. The van der Waals surface area contributed by atoms with Crippen LogP contribution in [0, 0.1) is 11.2 Å². The summed E-state index contributed by atoms with van der Waals surface area (Å²) in [6, 6.07) is 17.2. The average Bonchev–Trinajstić information content (AvgIpc) is 3.46. The number of benzene rings is 2. The number of urea groups is 1. The summed E-state index contributed by atoms with van der Waals surface area (Å²) in [4.78, 5) is 35.2. The third kappa shape index (κ3) is 4.81. The van der Waals surface area contributed by atoms with Gasteiger partial charge in [-0.3, -0.25) is 9.36 Å². The number of carbonyl (C=O) groups excluding carboxylic acids is 1. The van der Waals surface area contributed by atoms with Gasteiger partial charge in [-0.05, 0) is 25.3 Å². The molecule has 0 radical (unpaired) electrons. The normalized spacial score (nSPS) is 24.4. The molecule has 1 saturated carbocycles. The maximum absolute atomic E-state index is 14.7. The second kappa shape index (κ2) is 10.8. The van der Waals surface area contributed by atoms with Crippen molar-refractivity contribution >= 4 is 6.03 Å². The number of carbonyl (C=O) groups is 1. The number of amides is 2. The monoisotopic (exact) mass is 545 g/mol. The molecule has 0 unspecified atom stereocenters. The van der Waals surface area contributed by atoms with Crippen molar-refractivity contribution in [3.63, 3.8) is 0 Å². The van der Waals surface area contributed by atoms with E-state index in [1.165, 1.54) is 23.0 Å². The Labute approximate surface area is 233 Å². The van der Waals surface area contributed by atoms with Gasteiger partial charge in [0.2, 0.25) is 0 Å². The third-order valence-corrected chi connectivity index (χ3v) is 9.24. The Morgan fingerprint density at radius 2 is 1.80 bits per heavy atom. The molecule has 1 spiro atoms. The quantitative estimate of drug-likeness (QED) is 0.521. The fourth-order valence-electron chi connectivity index (χ4n) is 6.99. The van der Waals surface area contributed by atoms with E-state index in [4.69, 9.17) is 0 Å². The Balaban J connectivity index is 1.23. The first-order valence-electron chi connectivity index (χ1n) is 14.2. The molecule has 2 N–H and O–H groups in total. The van der Waals surface area contributed by atoms with E-state index in [1.807, 2.05) is 35.2 Å². The largest absolute Gasteiger partial charge is 0.387 e. The molecule has 3 aromatic rings. The predicted octanol–water partition coefficient (Wildman–Crippen LogP) is 3.81. The highest BCUT2D eigenvalue weighted by molar-refractivity contribution is 5.75. The SMILES string of the molecule is O=C(N1CC[C@@](O)(Cn2cnc(-c3ccccc3)cc2=O)C2(CCCC2)C1)N1CCNC[C@H]1c1ccccc1F. The lowest BCUT2D eigenvalue weighted by Gasteiger charge is -2.53. The van der Waals surface area contributed by atoms with Gasteiger partial charge in [-0.2, -0.15) is 0 Å². The highest BCUT2D eigenvalue weighted by Crippen LogP contribution is 2.51. The smallest absolute Gasteiger partial charge is 0.320 e. The van der Waals surface area contributed by atoms with Crippen LogP contribution < -0.4 is 10.9 Å². The van der Waals surface area contributed by atoms with Gasteiger partial charge in [-0.1, -0.05) is 61.4 Å². The molecule has 3 fully saturated rings. The first-order valence-corrected chi connectivity index (χ1v) is 14.2. The van der Waals surface area contributed by atoms with E-state index < -0.39 is 17.1 Å². The van der Waals surface area contributed by atoms with E-state index >= 15 is 0 Å². The number of aromatic nitrogens is 2. The Kier molecular flexibility index (Phi) is 7.18. The highest BCUT2D eigenvalue weighted by atomic mass is 19.1. The van der Waals surface area contributed by atoms with Gasteiger partial charge >= 0.3 is 6.03 Å². The van der Waals surface area contributed by atoms with Gasteiger partial charge in [-0.15, -0.1) is 0 Å². The minimum atomic E-state index is -1.14. The topological polar surface area (TPSA) is 90.7 Å². The van der Waals surface area contributed by atoms with Crippen LogP contribution in [0.5, 0.6) is 0 Å². The van der Waals surface area contributed by atoms with Crippen molar-refractivity contribution in [3.8, 4) is 11.3 Å². The van der Waals surface area contributed by atoms with Gasteiger partial charge in [-0.25, -0.2) is 14.2 Å². The molecule has 1 aromatic heterocycles. The molecule has 2 amide bonds. The number of nitrogens with one attached hydrogen (secondary N) is 1. The van der Waals surface area contributed by atoms with Crippen LogP contribution in [0.15, 0.2) is 71.8 Å². The van der Waals surface area contributed by atoms with Crippen molar-refractivity contribution in [3.05, 3.63) is 88.7 Å². The Bertz CT molecular complexity index is 1420. The maximum atomic E-state index is 14.7. The van der Waals surface area contributed by atoms with Crippen molar-refractivity contribution in [1.29, 1.82) is 0 Å². The van der Waals surface area contributed by atoms with E-state index in [0.717, 1.165) is 31.2 Å². The first-order chi connectivity index (χ1) is 19.4. The molecule has 2 aromatic carbocycles. The van der Waals surface area contributed by atoms with Gasteiger partial charge in [0, 0.05) is 55.3 Å². The summed E-state index contributed by atoms with van der Waals surface area (Å²) in [7, 11) is 0. The molecule has 0 bridgehead atoms. The van der Waals surface area contributed by atoms with Crippen molar-refractivity contribution in [2.24, 2.45) is 5.41 Å². The van der Waals surface area contributed by atoms with Gasteiger partial charge in [0.25, 0.3) is 5.56 Å². The van der Waals surface area contributed by atoms with E-state index in [1.54, 1.807) is 23.1 Å². The van der Waals surface area contributed by atoms with Gasteiger partial charge in [0.05, 0.1) is 30.2 Å².